The molecule has 0 heterocycles. The van der Waals surface area contributed by atoms with Crippen molar-refractivity contribution in [2.75, 3.05) is 6.61 Å². The summed E-state index contributed by atoms with van der Waals surface area (Å²) in [7, 11) is 0. The summed E-state index contributed by atoms with van der Waals surface area (Å²) in [6, 6.07) is 16.0. The lowest BCUT2D eigenvalue weighted by Crippen LogP contribution is -2.11. The van der Waals surface area contributed by atoms with Crippen molar-refractivity contribution < 1.29 is 9.53 Å². The first-order chi connectivity index (χ1) is 8.25. The summed E-state index contributed by atoms with van der Waals surface area (Å²) in [6.07, 6.45) is 0. The number of hydrogen-bond donors (Lipinski definition) is 0. The quantitative estimate of drug-likeness (QED) is 0.771. The topological polar surface area (TPSA) is 26.3 Å². The molecule has 0 fully saturated rings. The van der Waals surface area contributed by atoms with Crippen LogP contribution in [0.1, 0.15) is 10.4 Å². The Balaban J connectivity index is 1.95. The molecule has 0 aliphatic carbocycles. The van der Waals surface area contributed by atoms with Crippen molar-refractivity contribution >= 4 is 17.4 Å². The van der Waals surface area contributed by atoms with Crippen molar-refractivity contribution in [1.29, 1.82) is 0 Å². The molecular weight excluding hydrogens is 236 g/mol. The molecule has 0 amide bonds. The normalized spacial score (nSPS) is 9.94. The van der Waals surface area contributed by atoms with Crippen LogP contribution in [0.25, 0.3) is 0 Å². The number of carbonyl (C=O) groups excluding carboxylic acids is 1. The highest BCUT2D eigenvalue weighted by Gasteiger charge is 2.05. The Morgan fingerprint density at radius 1 is 1.00 bits per heavy atom. The number of carbonyl (C=O) groups is 1. The SMILES string of the molecule is O=C(COc1ccc(Cl)cc1)c1ccccc1. The Kier molecular flexibility index (Phi) is 3.78. The van der Waals surface area contributed by atoms with Crippen molar-refractivity contribution in [2.24, 2.45) is 0 Å². The Morgan fingerprint density at radius 3 is 2.29 bits per heavy atom. The van der Waals surface area contributed by atoms with Gasteiger partial charge in [-0.05, 0) is 24.3 Å². The number of halogens is 1. The van der Waals surface area contributed by atoms with Crippen LogP contribution in [0.4, 0.5) is 0 Å². The van der Waals surface area contributed by atoms with Crippen LogP contribution in [0, 0.1) is 0 Å². The second kappa shape index (κ2) is 5.51. The maximum absolute atomic E-state index is 11.7. The van der Waals surface area contributed by atoms with E-state index in [1.807, 2.05) is 18.2 Å². The molecule has 0 aliphatic heterocycles. The summed E-state index contributed by atoms with van der Waals surface area (Å²) < 4.78 is 5.37. The van der Waals surface area contributed by atoms with E-state index in [1.54, 1.807) is 36.4 Å². The van der Waals surface area contributed by atoms with Crippen LogP contribution in [-0.2, 0) is 0 Å². The van der Waals surface area contributed by atoms with Gasteiger partial charge in [0.25, 0.3) is 0 Å². The van der Waals surface area contributed by atoms with E-state index < -0.39 is 0 Å². The second-order valence-corrected chi connectivity index (χ2v) is 3.97. The van der Waals surface area contributed by atoms with Gasteiger partial charge < -0.3 is 4.74 Å². The third-order valence-corrected chi connectivity index (χ3v) is 2.53. The number of ketones is 1. The first-order valence-corrected chi connectivity index (χ1v) is 5.60. The van der Waals surface area contributed by atoms with E-state index in [1.165, 1.54) is 0 Å². The Hall–Kier alpha value is -1.80. The molecule has 0 N–H and O–H groups in total. The largest absolute Gasteiger partial charge is 0.485 e. The summed E-state index contributed by atoms with van der Waals surface area (Å²) in [5.41, 5.74) is 0.654. The predicted molar refractivity (Wildman–Crippen MR) is 67.7 cm³/mol. The Labute approximate surface area is 105 Å². The van der Waals surface area contributed by atoms with Crippen molar-refractivity contribution in [2.45, 2.75) is 0 Å². The van der Waals surface area contributed by atoms with E-state index in [9.17, 15) is 4.79 Å². The zero-order valence-electron chi connectivity index (χ0n) is 9.10. The molecule has 0 unspecified atom stereocenters. The molecule has 86 valence electrons. The summed E-state index contributed by atoms with van der Waals surface area (Å²) >= 11 is 5.75. The molecule has 0 spiro atoms. The summed E-state index contributed by atoms with van der Waals surface area (Å²) in [4.78, 5) is 11.7. The minimum atomic E-state index is -0.0412. The van der Waals surface area contributed by atoms with Gasteiger partial charge in [-0.1, -0.05) is 41.9 Å². The maximum atomic E-state index is 11.7. The smallest absolute Gasteiger partial charge is 0.200 e. The molecule has 0 bridgehead atoms. The molecule has 0 radical (unpaired) electrons. The first kappa shape index (κ1) is 11.7. The predicted octanol–water partition coefficient (Wildman–Crippen LogP) is 3.60. The molecule has 2 rings (SSSR count). The highest BCUT2D eigenvalue weighted by molar-refractivity contribution is 6.30. The minimum absolute atomic E-state index is 0.0334. The van der Waals surface area contributed by atoms with Crippen molar-refractivity contribution in [3.05, 3.63) is 65.2 Å². The van der Waals surface area contributed by atoms with Crippen LogP contribution in [-0.4, -0.2) is 12.4 Å². The number of hydrogen-bond acceptors (Lipinski definition) is 2. The van der Waals surface area contributed by atoms with Crippen molar-refractivity contribution in [1.82, 2.24) is 0 Å². The van der Waals surface area contributed by atoms with E-state index in [4.69, 9.17) is 16.3 Å². The standard InChI is InChI=1S/C14H11ClO2/c15-12-6-8-13(9-7-12)17-10-14(16)11-4-2-1-3-5-11/h1-9H,10H2. The van der Waals surface area contributed by atoms with Gasteiger partial charge in [-0.2, -0.15) is 0 Å². The molecule has 2 aromatic carbocycles. The van der Waals surface area contributed by atoms with Crippen LogP contribution in [0.2, 0.25) is 5.02 Å². The fourth-order valence-electron chi connectivity index (χ4n) is 1.39. The number of ether oxygens (including phenoxy) is 1. The molecule has 0 aliphatic rings. The van der Waals surface area contributed by atoms with Gasteiger partial charge in [0.2, 0.25) is 0 Å². The van der Waals surface area contributed by atoms with Crippen molar-refractivity contribution in [3.8, 4) is 5.75 Å². The fourth-order valence-corrected chi connectivity index (χ4v) is 1.51. The first-order valence-electron chi connectivity index (χ1n) is 5.22. The van der Waals surface area contributed by atoms with E-state index in [-0.39, 0.29) is 12.4 Å². The molecule has 0 aromatic heterocycles. The maximum Gasteiger partial charge on any atom is 0.200 e. The molecule has 0 saturated heterocycles. The summed E-state index contributed by atoms with van der Waals surface area (Å²) in [5, 5.41) is 0.645. The number of Topliss-reactive ketones (excluding diaryl/α,β-unsaturated/α-hetero) is 1. The molecule has 0 saturated carbocycles. The van der Waals surface area contributed by atoms with Gasteiger partial charge in [-0.15, -0.1) is 0 Å². The third kappa shape index (κ3) is 3.33. The second-order valence-electron chi connectivity index (χ2n) is 3.53. The van der Waals surface area contributed by atoms with E-state index >= 15 is 0 Å². The highest BCUT2D eigenvalue weighted by Crippen LogP contribution is 2.15. The zero-order chi connectivity index (χ0) is 12.1. The highest BCUT2D eigenvalue weighted by atomic mass is 35.5. The van der Waals surface area contributed by atoms with Gasteiger partial charge >= 0.3 is 0 Å². The average Bonchev–Trinajstić information content (AvgIpc) is 2.39. The number of benzene rings is 2. The lowest BCUT2D eigenvalue weighted by molar-refractivity contribution is 0.0921. The monoisotopic (exact) mass is 246 g/mol. The number of rotatable bonds is 4. The summed E-state index contributed by atoms with van der Waals surface area (Å²) in [6.45, 7) is 0.0334. The van der Waals surface area contributed by atoms with Gasteiger partial charge in [-0.25, -0.2) is 0 Å². The Bertz CT molecular complexity index is 491. The van der Waals surface area contributed by atoms with Crippen LogP contribution < -0.4 is 4.74 Å². The molecule has 3 heteroatoms. The molecule has 17 heavy (non-hydrogen) atoms. The van der Waals surface area contributed by atoms with E-state index in [2.05, 4.69) is 0 Å². The van der Waals surface area contributed by atoms with E-state index in [0.29, 0.717) is 16.3 Å². The molecule has 2 nitrogen and oxygen atoms in total. The van der Waals surface area contributed by atoms with Crippen LogP contribution in [0.15, 0.2) is 54.6 Å². The van der Waals surface area contributed by atoms with Gasteiger partial charge in [0, 0.05) is 10.6 Å². The summed E-state index contributed by atoms with van der Waals surface area (Å²) in [5.74, 6) is 0.597. The fraction of sp³-hybridized carbons (Fsp3) is 0.0714. The zero-order valence-corrected chi connectivity index (χ0v) is 9.85. The van der Waals surface area contributed by atoms with Gasteiger partial charge in [-0.3, -0.25) is 4.79 Å². The van der Waals surface area contributed by atoms with Gasteiger partial charge in [0.05, 0.1) is 0 Å². The lowest BCUT2D eigenvalue weighted by Gasteiger charge is -2.05. The third-order valence-electron chi connectivity index (χ3n) is 2.28. The lowest BCUT2D eigenvalue weighted by atomic mass is 10.1. The van der Waals surface area contributed by atoms with Crippen LogP contribution >= 0.6 is 11.6 Å². The van der Waals surface area contributed by atoms with Gasteiger partial charge in [0.15, 0.2) is 12.4 Å². The molecular formula is C14H11ClO2. The Morgan fingerprint density at radius 2 is 1.65 bits per heavy atom. The van der Waals surface area contributed by atoms with Crippen molar-refractivity contribution in [3.63, 3.8) is 0 Å². The van der Waals surface area contributed by atoms with Crippen LogP contribution in [0.5, 0.6) is 5.75 Å². The average molecular weight is 247 g/mol. The van der Waals surface area contributed by atoms with Gasteiger partial charge in [0.1, 0.15) is 5.75 Å². The van der Waals surface area contributed by atoms with E-state index in [0.717, 1.165) is 0 Å². The molecule has 2 aromatic rings. The minimum Gasteiger partial charge on any atom is -0.485 e. The van der Waals surface area contributed by atoms with Crippen LogP contribution in [0.3, 0.4) is 0 Å². The molecule has 0 atom stereocenters.